The molecule has 17 heavy (non-hydrogen) atoms. The molecule has 1 aliphatic rings. The molecule has 1 aromatic heterocycles. The Morgan fingerprint density at radius 2 is 2.24 bits per heavy atom. The smallest absolute Gasteiger partial charge is 0.261 e. The van der Waals surface area contributed by atoms with Crippen LogP contribution in [0.5, 0.6) is 0 Å². The number of hydrogen-bond acceptors (Lipinski definition) is 3. The molecule has 0 aromatic carbocycles. The zero-order valence-electron chi connectivity index (χ0n) is 9.79. The Labute approximate surface area is 119 Å². The molecular formula is C12H16BrNOS2. The highest BCUT2D eigenvalue weighted by Gasteiger charge is 2.33. The van der Waals surface area contributed by atoms with Crippen LogP contribution >= 0.6 is 39.0 Å². The standard InChI is InChI=1S/C12H16BrNOS2/c1-16-12(6-2-3-7-12)8-14-11(15)9-4-5-10(13)17-9/h4-5H,2-3,6-8H2,1H3,(H,14,15). The van der Waals surface area contributed by atoms with Crippen LogP contribution in [0.25, 0.3) is 0 Å². The van der Waals surface area contributed by atoms with Crippen molar-refractivity contribution in [1.29, 1.82) is 0 Å². The fourth-order valence-corrected chi connectivity index (χ4v) is 4.45. The molecule has 0 bridgehead atoms. The minimum Gasteiger partial charge on any atom is -0.350 e. The SMILES string of the molecule is CSC1(CNC(=O)c2ccc(Br)s2)CCCC1. The van der Waals surface area contributed by atoms with Gasteiger partial charge in [0.15, 0.2) is 0 Å². The number of carbonyl (C=O) groups is 1. The second-order valence-corrected chi connectivity index (χ2v) is 8.12. The van der Waals surface area contributed by atoms with Crippen molar-refractivity contribution >= 4 is 44.9 Å². The maximum atomic E-state index is 11.9. The van der Waals surface area contributed by atoms with Crippen LogP contribution < -0.4 is 5.32 Å². The predicted octanol–water partition coefficient (Wildman–Crippen LogP) is 3.92. The Balaban J connectivity index is 1.91. The molecule has 1 heterocycles. The Morgan fingerprint density at radius 3 is 2.76 bits per heavy atom. The van der Waals surface area contributed by atoms with Gasteiger partial charge in [-0.05, 0) is 47.2 Å². The molecule has 94 valence electrons. The van der Waals surface area contributed by atoms with E-state index < -0.39 is 0 Å². The number of carbonyl (C=O) groups excluding carboxylic acids is 1. The Hall–Kier alpha value is -0.0000000000000000833. The largest absolute Gasteiger partial charge is 0.350 e. The highest BCUT2D eigenvalue weighted by Crippen LogP contribution is 2.39. The van der Waals surface area contributed by atoms with Gasteiger partial charge in [0.2, 0.25) is 0 Å². The summed E-state index contributed by atoms with van der Waals surface area (Å²) in [7, 11) is 0. The highest BCUT2D eigenvalue weighted by molar-refractivity contribution is 9.11. The maximum absolute atomic E-state index is 11.9. The summed E-state index contributed by atoms with van der Waals surface area (Å²) in [6, 6.07) is 3.78. The monoisotopic (exact) mass is 333 g/mol. The second kappa shape index (κ2) is 5.76. The quantitative estimate of drug-likeness (QED) is 0.904. The van der Waals surface area contributed by atoms with Gasteiger partial charge in [0, 0.05) is 11.3 Å². The molecule has 2 rings (SSSR count). The summed E-state index contributed by atoms with van der Waals surface area (Å²) in [4.78, 5) is 12.7. The number of amides is 1. The highest BCUT2D eigenvalue weighted by atomic mass is 79.9. The van der Waals surface area contributed by atoms with Gasteiger partial charge < -0.3 is 5.32 Å². The molecule has 0 unspecified atom stereocenters. The van der Waals surface area contributed by atoms with Gasteiger partial charge in [-0.15, -0.1) is 11.3 Å². The second-order valence-electron chi connectivity index (χ2n) is 4.38. The number of thioether (sulfide) groups is 1. The third kappa shape index (κ3) is 3.26. The molecule has 2 nitrogen and oxygen atoms in total. The van der Waals surface area contributed by atoms with Crippen molar-refractivity contribution < 1.29 is 4.79 Å². The van der Waals surface area contributed by atoms with Gasteiger partial charge in [0.25, 0.3) is 5.91 Å². The molecule has 5 heteroatoms. The summed E-state index contributed by atoms with van der Waals surface area (Å²) in [6.07, 6.45) is 7.19. The molecule has 1 saturated carbocycles. The van der Waals surface area contributed by atoms with E-state index in [0.29, 0.717) is 0 Å². The zero-order valence-corrected chi connectivity index (χ0v) is 13.0. The first kappa shape index (κ1) is 13.4. The first-order chi connectivity index (χ1) is 8.15. The van der Waals surface area contributed by atoms with Crippen molar-refractivity contribution in [1.82, 2.24) is 5.32 Å². The van der Waals surface area contributed by atoms with Gasteiger partial charge in [-0.25, -0.2) is 0 Å². The summed E-state index contributed by atoms with van der Waals surface area (Å²) in [5.74, 6) is 0.0565. The minimum absolute atomic E-state index is 0.0565. The predicted molar refractivity (Wildman–Crippen MR) is 79.1 cm³/mol. The first-order valence-electron chi connectivity index (χ1n) is 5.74. The molecule has 0 atom stereocenters. The number of halogens is 1. The lowest BCUT2D eigenvalue weighted by Crippen LogP contribution is -2.38. The third-order valence-corrected chi connectivity index (χ3v) is 6.36. The van der Waals surface area contributed by atoms with Crippen molar-refractivity contribution in [3.63, 3.8) is 0 Å². The first-order valence-corrected chi connectivity index (χ1v) is 8.57. The van der Waals surface area contributed by atoms with E-state index in [2.05, 4.69) is 27.5 Å². The maximum Gasteiger partial charge on any atom is 0.261 e. The topological polar surface area (TPSA) is 29.1 Å². The van der Waals surface area contributed by atoms with Gasteiger partial charge >= 0.3 is 0 Å². The third-order valence-electron chi connectivity index (χ3n) is 3.32. The molecule has 0 radical (unpaired) electrons. The molecule has 0 saturated heterocycles. The minimum atomic E-state index is 0.0565. The van der Waals surface area contributed by atoms with Crippen LogP contribution in [0.2, 0.25) is 0 Å². The van der Waals surface area contributed by atoms with Crippen LogP contribution in [-0.2, 0) is 0 Å². The van der Waals surface area contributed by atoms with Crippen LogP contribution in [-0.4, -0.2) is 23.5 Å². The summed E-state index contributed by atoms with van der Waals surface area (Å²) in [5.41, 5.74) is 0. The lowest BCUT2D eigenvalue weighted by Gasteiger charge is -2.26. The van der Waals surface area contributed by atoms with Crippen molar-refractivity contribution in [3.8, 4) is 0 Å². The number of rotatable bonds is 4. The van der Waals surface area contributed by atoms with E-state index >= 15 is 0 Å². The Bertz CT molecular complexity index is 399. The molecule has 1 N–H and O–H groups in total. The fourth-order valence-electron chi connectivity index (χ4n) is 2.24. The molecular weight excluding hydrogens is 318 g/mol. The van der Waals surface area contributed by atoms with E-state index in [-0.39, 0.29) is 10.7 Å². The number of thiophene rings is 1. The van der Waals surface area contributed by atoms with E-state index in [1.165, 1.54) is 37.0 Å². The molecule has 1 aromatic rings. The summed E-state index contributed by atoms with van der Waals surface area (Å²) < 4.78 is 1.28. The van der Waals surface area contributed by atoms with Gasteiger partial charge in [0.05, 0.1) is 8.66 Å². The molecule has 0 aliphatic heterocycles. The van der Waals surface area contributed by atoms with Crippen LogP contribution in [0.4, 0.5) is 0 Å². The average Bonchev–Trinajstić information content (AvgIpc) is 2.95. The van der Waals surface area contributed by atoms with Crippen molar-refractivity contribution in [2.75, 3.05) is 12.8 Å². The van der Waals surface area contributed by atoms with Gasteiger partial charge in [-0.1, -0.05) is 12.8 Å². The molecule has 1 amide bonds. The van der Waals surface area contributed by atoms with Gasteiger partial charge in [-0.2, -0.15) is 11.8 Å². The fraction of sp³-hybridized carbons (Fsp3) is 0.583. The van der Waals surface area contributed by atoms with E-state index in [9.17, 15) is 4.79 Å². The van der Waals surface area contributed by atoms with Crippen molar-refractivity contribution in [3.05, 3.63) is 20.8 Å². The summed E-state index contributed by atoms with van der Waals surface area (Å²) in [6.45, 7) is 0.794. The van der Waals surface area contributed by atoms with Gasteiger partial charge in [-0.3, -0.25) is 4.79 Å². The zero-order chi connectivity index (χ0) is 12.3. The van der Waals surface area contributed by atoms with Crippen LogP contribution in [0.15, 0.2) is 15.9 Å². The number of hydrogen-bond donors (Lipinski definition) is 1. The van der Waals surface area contributed by atoms with Crippen LogP contribution in [0.1, 0.15) is 35.4 Å². The summed E-state index contributed by atoms with van der Waals surface area (Å²) in [5, 5.41) is 3.08. The van der Waals surface area contributed by atoms with E-state index in [4.69, 9.17) is 0 Å². The molecule has 1 aliphatic carbocycles. The van der Waals surface area contributed by atoms with Crippen LogP contribution in [0, 0.1) is 0 Å². The molecule has 0 spiro atoms. The van der Waals surface area contributed by atoms with Crippen molar-refractivity contribution in [2.24, 2.45) is 0 Å². The summed E-state index contributed by atoms with van der Waals surface area (Å²) >= 11 is 6.76. The van der Waals surface area contributed by atoms with Gasteiger partial charge in [0.1, 0.15) is 0 Å². The van der Waals surface area contributed by atoms with Crippen LogP contribution in [0.3, 0.4) is 0 Å². The normalized spacial score (nSPS) is 18.2. The Kier molecular flexibility index (Phi) is 4.55. The lowest BCUT2D eigenvalue weighted by molar-refractivity contribution is 0.0953. The van der Waals surface area contributed by atoms with E-state index in [1.54, 1.807) is 0 Å². The average molecular weight is 334 g/mol. The lowest BCUT2D eigenvalue weighted by atomic mass is 10.1. The van der Waals surface area contributed by atoms with E-state index in [1.807, 2.05) is 23.9 Å². The number of nitrogens with one attached hydrogen (secondary N) is 1. The van der Waals surface area contributed by atoms with Crippen molar-refractivity contribution in [2.45, 2.75) is 30.4 Å². The Morgan fingerprint density at radius 1 is 1.53 bits per heavy atom. The van der Waals surface area contributed by atoms with E-state index in [0.717, 1.165) is 15.2 Å². The molecule has 1 fully saturated rings.